The Morgan fingerprint density at radius 1 is 1.44 bits per heavy atom. The third-order valence-electron chi connectivity index (χ3n) is 2.96. The molecule has 132 valence electrons. The van der Waals surface area contributed by atoms with Crippen molar-refractivity contribution in [3.05, 3.63) is 54.2 Å². The second-order valence-corrected chi connectivity index (χ2v) is 6.74. The first-order valence-electron chi connectivity index (χ1n) is 7.07. The van der Waals surface area contributed by atoms with Gasteiger partial charge in [0.15, 0.2) is 6.61 Å². The normalized spacial score (nSPS) is 10.8. The van der Waals surface area contributed by atoms with Gasteiger partial charge >= 0.3 is 0 Å². The Morgan fingerprint density at radius 3 is 2.80 bits per heavy atom. The first-order chi connectivity index (χ1) is 11.9. The molecule has 1 heterocycles. The molecule has 0 radical (unpaired) electrons. The monoisotopic (exact) mass is 401 g/mol. The summed E-state index contributed by atoms with van der Waals surface area (Å²) in [5.41, 5.74) is 2.34. The highest BCUT2D eigenvalue weighted by molar-refractivity contribution is 7.14. The summed E-state index contributed by atoms with van der Waals surface area (Å²) in [6, 6.07) is 6.07. The predicted molar refractivity (Wildman–Crippen MR) is 98.0 cm³/mol. The van der Waals surface area contributed by atoms with Gasteiger partial charge in [-0.05, 0) is 24.6 Å². The van der Waals surface area contributed by atoms with Crippen LogP contribution in [0.3, 0.4) is 0 Å². The van der Waals surface area contributed by atoms with Crippen molar-refractivity contribution < 1.29 is 14.5 Å². The van der Waals surface area contributed by atoms with Gasteiger partial charge in [0.05, 0.1) is 25.9 Å². The zero-order valence-corrected chi connectivity index (χ0v) is 15.3. The lowest BCUT2D eigenvalue weighted by Gasteiger charge is -2.06. The van der Waals surface area contributed by atoms with Gasteiger partial charge in [0.25, 0.3) is 11.6 Å². The number of carbonyl (C=O) groups excluding carboxylic acids is 1. The fraction of sp³-hybridized carbons (Fsp3) is 0.200. The number of hydrogen-bond donors (Lipinski definition) is 1. The number of aryl methyl sites for hydroxylation is 1. The van der Waals surface area contributed by atoms with Crippen molar-refractivity contribution >= 4 is 52.3 Å². The number of hydrazone groups is 1. The molecule has 0 saturated carbocycles. The topological polar surface area (TPSA) is 93.8 Å². The molecule has 10 heteroatoms. The number of halogens is 2. The van der Waals surface area contributed by atoms with Crippen LogP contribution in [0, 0.1) is 10.1 Å². The van der Waals surface area contributed by atoms with Crippen LogP contribution in [0.25, 0.3) is 0 Å². The predicted octanol–water partition coefficient (Wildman–Crippen LogP) is 4.05. The van der Waals surface area contributed by atoms with E-state index in [-0.39, 0.29) is 12.3 Å². The van der Waals surface area contributed by atoms with Crippen LogP contribution in [-0.2, 0) is 11.2 Å². The van der Waals surface area contributed by atoms with E-state index in [1.165, 1.54) is 29.7 Å². The van der Waals surface area contributed by atoms with Crippen molar-refractivity contribution in [3.8, 4) is 5.75 Å². The zero-order valence-electron chi connectivity index (χ0n) is 13.0. The molecule has 1 amide bonds. The van der Waals surface area contributed by atoms with Gasteiger partial charge in [-0.15, -0.1) is 11.3 Å². The number of thiophene rings is 1. The summed E-state index contributed by atoms with van der Waals surface area (Å²) < 4.78 is 5.27. The first-order valence-corrected chi connectivity index (χ1v) is 8.64. The summed E-state index contributed by atoms with van der Waals surface area (Å²) in [6.45, 7) is 1.55. The lowest BCUT2D eigenvalue weighted by molar-refractivity contribution is -0.385. The highest BCUT2D eigenvalue weighted by atomic mass is 35.5. The molecule has 0 aliphatic carbocycles. The fourth-order valence-corrected chi connectivity index (χ4v) is 3.25. The molecule has 2 aromatic rings. The van der Waals surface area contributed by atoms with E-state index in [0.717, 1.165) is 0 Å². The summed E-state index contributed by atoms with van der Waals surface area (Å²) in [7, 11) is 0. The lowest BCUT2D eigenvalue weighted by atomic mass is 10.3. The van der Waals surface area contributed by atoms with E-state index in [1.807, 2.05) is 6.92 Å². The number of nitrogens with one attached hydrogen (secondary N) is 1. The number of carbonyl (C=O) groups is 1. The van der Waals surface area contributed by atoms with E-state index < -0.39 is 10.8 Å². The maximum Gasteiger partial charge on any atom is 0.283 e. The van der Waals surface area contributed by atoms with Crippen LogP contribution in [0.4, 0.5) is 5.69 Å². The van der Waals surface area contributed by atoms with Gasteiger partial charge in [-0.3, -0.25) is 14.9 Å². The molecule has 0 fully saturated rings. The van der Waals surface area contributed by atoms with Crippen molar-refractivity contribution in [2.45, 2.75) is 13.3 Å². The molecule has 0 atom stereocenters. The number of amides is 1. The maximum absolute atomic E-state index is 11.7. The average molecular weight is 402 g/mol. The number of nitro groups is 1. The van der Waals surface area contributed by atoms with Crippen LogP contribution < -0.4 is 10.2 Å². The summed E-state index contributed by atoms with van der Waals surface area (Å²) in [5, 5.41) is 15.4. The number of hydrogen-bond acceptors (Lipinski definition) is 6. The van der Waals surface area contributed by atoms with E-state index in [2.05, 4.69) is 10.5 Å². The smallest absolute Gasteiger partial charge is 0.283 e. The molecule has 0 aliphatic heterocycles. The van der Waals surface area contributed by atoms with Crippen molar-refractivity contribution in [2.75, 3.05) is 6.61 Å². The Balaban J connectivity index is 1.89. The van der Waals surface area contributed by atoms with E-state index >= 15 is 0 Å². The largest absolute Gasteiger partial charge is 0.482 e. The highest BCUT2D eigenvalue weighted by Crippen LogP contribution is 2.28. The molecule has 0 bridgehead atoms. The molecule has 0 saturated heterocycles. The van der Waals surface area contributed by atoms with Gasteiger partial charge in [-0.25, -0.2) is 5.43 Å². The fourth-order valence-electron chi connectivity index (χ4n) is 1.85. The van der Waals surface area contributed by atoms with Crippen LogP contribution in [-0.4, -0.2) is 23.7 Å². The Labute approximate surface area is 157 Å². The van der Waals surface area contributed by atoms with Crippen molar-refractivity contribution in [1.82, 2.24) is 5.43 Å². The van der Waals surface area contributed by atoms with E-state index in [9.17, 15) is 14.9 Å². The van der Waals surface area contributed by atoms with Gasteiger partial charge < -0.3 is 4.74 Å². The van der Waals surface area contributed by atoms with E-state index in [1.54, 1.807) is 12.1 Å². The maximum atomic E-state index is 11.7. The minimum absolute atomic E-state index is 0.0565. The van der Waals surface area contributed by atoms with E-state index in [4.69, 9.17) is 27.9 Å². The van der Waals surface area contributed by atoms with Crippen molar-refractivity contribution in [3.63, 3.8) is 0 Å². The number of benzene rings is 1. The average Bonchev–Trinajstić information content (AvgIpc) is 2.97. The van der Waals surface area contributed by atoms with Crippen LogP contribution in [0.2, 0.25) is 10.0 Å². The second kappa shape index (κ2) is 8.80. The first kappa shape index (κ1) is 19.2. The molecule has 1 N–H and O–H groups in total. The van der Waals surface area contributed by atoms with Crippen LogP contribution >= 0.6 is 34.5 Å². The van der Waals surface area contributed by atoms with Crippen LogP contribution in [0.5, 0.6) is 5.75 Å². The van der Waals surface area contributed by atoms with Crippen LogP contribution in [0.1, 0.15) is 16.7 Å². The van der Waals surface area contributed by atoms with Crippen LogP contribution in [0.15, 0.2) is 29.4 Å². The molecule has 2 rings (SSSR count). The van der Waals surface area contributed by atoms with Gasteiger partial charge in [0.2, 0.25) is 0 Å². The Kier molecular flexibility index (Phi) is 6.74. The third kappa shape index (κ3) is 5.42. The molecule has 1 aromatic heterocycles. The van der Waals surface area contributed by atoms with Crippen molar-refractivity contribution in [2.24, 2.45) is 5.10 Å². The second-order valence-electron chi connectivity index (χ2n) is 4.72. The number of nitrogens with zero attached hydrogens (tertiary/aromatic N) is 2. The molecule has 1 aromatic carbocycles. The van der Waals surface area contributed by atoms with Gasteiger partial charge in [-0.2, -0.15) is 5.10 Å². The SMILES string of the molecule is CCc1sc(C=NNC(=O)COc2ccc(Cl)cc2Cl)cc1[N+](=O)[O-]. The van der Waals surface area contributed by atoms with Crippen molar-refractivity contribution in [1.29, 1.82) is 0 Å². The minimum Gasteiger partial charge on any atom is -0.482 e. The quantitative estimate of drug-likeness (QED) is 0.429. The zero-order chi connectivity index (χ0) is 18.4. The van der Waals surface area contributed by atoms with Gasteiger partial charge in [-0.1, -0.05) is 30.1 Å². The number of ether oxygens (including phenoxy) is 1. The summed E-state index contributed by atoms with van der Waals surface area (Å²) in [5.74, 6) is -0.171. The molecule has 7 nitrogen and oxygen atoms in total. The molecule has 0 spiro atoms. The summed E-state index contributed by atoms with van der Waals surface area (Å²) >= 11 is 12.9. The summed E-state index contributed by atoms with van der Waals surface area (Å²) in [6.07, 6.45) is 1.90. The number of rotatable bonds is 7. The molecular weight excluding hydrogens is 389 g/mol. The third-order valence-corrected chi connectivity index (χ3v) is 4.69. The van der Waals surface area contributed by atoms with Gasteiger partial charge in [0.1, 0.15) is 5.75 Å². The Hall–Kier alpha value is -2.16. The Morgan fingerprint density at radius 2 is 2.20 bits per heavy atom. The van der Waals surface area contributed by atoms with Gasteiger partial charge in [0, 0.05) is 11.1 Å². The molecule has 0 aliphatic rings. The lowest BCUT2D eigenvalue weighted by Crippen LogP contribution is -2.24. The molecule has 25 heavy (non-hydrogen) atoms. The highest BCUT2D eigenvalue weighted by Gasteiger charge is 2.16. The summed E-state index contributed by atoms with van der Waals surface area (Å²) in [4.78, 5) is 23.4. The standard InChI is InChI=1S/C15H13Cl2N3O4S/c1-2-14-12(20(22)23)6-10(25-14)7-18-19-15(21)8-24-13-4-3-9(16)5-11(13)17/h3-7H,2,8H2,1H3,(H,19,21). The van der Waals surface area contributed by atoms with E-state index in [0.29, 0.717) is 32.0 Å². The minimum atomic E-state index is -0.496. The molecule has 0 unspecified atom stereocenters. The Bertz CT molecular complexity index is 823. The molecular formula is C15H13Cl2N3O4S.